The maximum Gasteiger partial charge on any atom is 0.0982 e. The lowest BCUT2D eigenvalue weighted by molar-refractivity contribution is 0.211. The monoisotopic (exact) mass is 307 g/mol. The summed E-state index contributed by atoms with van der Waals surface area (Å²) >= 11 is 1.78. The Hall–Kier alpha value is -0.710. The topological polar surface area (TPSA) is 28.2 Å². The minimum absolute atomic E-state index is 0.163. The minimum atomic E-state index is 0.163. The Morgan fingerprint density at radius 3 is 2.62 bits per heavy atom. The van der Waals surface area contributed by atoms with Crippen LogP contribution in [0.3, 0.4) is 0 Å². The van der Waals surface area contributed by atoms with Crippen LogP contribution in [0.25, 0.3) is 0 Å². The van der Waals surface area contributed by atoms with Gasteiger partial charge < -0.3 is 5.32 Å². The number of nitrogens with zero attached hydrogens (tertiary/aromatic N) is 2. The first kappa shape index (κ1) is 16.7. The van der Waals surface area contributed by atoms with E-state index in [1.807, 2.05) is 0 Å². The average molecular weight is 308 g/mol. The maximum absolute atomic E-state index is 4.75. The number of hydrogen-bond acceptors (Lipinski definition) is 4. The highest BCUT2D eigenvalue weighted by atomic mass is 32.1. The molecule has 1 aliphatic rings. The summed E-state index contributed by atoms with van der Waals surface area (Å²) in [5.41, 5.74) is 2.62. The fraction of sp³-hybridized carbons (Fsp3) is 0.706. The molecule has 0 atom stereocenters. The zero-order valence-electron chi connectivity index (χ0n) is 13.9. The fourth-order valence-corrected chi connectivity index (χ4v) is 3.57. The molecule has 3 nitrogen and oxygen atoms in total. The number of nitrogens with one attached hydrogen (secondary N) is 1. The molecule has 118 valence electrons. The summed E-state index contributed by atoms with van der Waals surface area (Å²) in [6.45, 7) is 17.1. The first-order chi connectivity index (χ1) is 9.84. The van der Waals surface area contributed by atoms with Crippen LogP contribution >= 0.6 is 11.3 Å². The summed E-state index contributed by atoms with van der Waals surface area (Å²) in [5, 5.41) is 7.10. The highest BCUT2D eigenvalue weighted by Crippen LogP contribution is 2.25. The second-order valence-corrected chi connectivity index (χ2v) is 8.14. The number of rotatable bonds is 5. The van der Waals surface area contributed by atoms with Crippen LogP contribution in [0, 0.1) is 0 Å². The van der Waals surface area contributed by atoms with Crippen LogP contribution in [0.4, 0.5) is 0 Å². The molecule has 1 aromatic rings. The summed E-state index contributed by atoms with van der Waals surface area (Å²) in [7, 11) is 0. The molecule has 21 heavy (non-hydrogen) atoms. The Kier molecular flexibility index (Phi) is 5.58. The van der Waals surface area contributed by atoms with Crippen molar-refractivity contribution in [2.75, 3.05) is 19.6 Å². The molecule has 2 rings (SSSR count). The Morgan fingerprint density at radius 2 is 2.10 bits per heavy atom. The molecule has 2 heterocycles. The van der Waals surface area contributed by atoms with Crippen LogP contribution in [0.2, 0.25) is 0 Å². The molecule has 0 amide bonds. The van der Waals surface area contributed by atoms with E-state index in [0.717, 1.165) is 13.1 Å². The number of hydrogen-bond donors (Lipinski definition) is 1. The van der Waals surface area contributed by atoms with Crippen molar-refractivity contribution < 1.29 is 0 Å². The number of likely N-dealkylation sites (tertiary alicyclic amines) is 1. The van der Waals surface area contributed by atoms with Crippen LogP contribution in [0.5, 0.6) is 0 Å². The zero-order chi connectivity index (χ0) is 15.5. The molecule has 1 N–H and O–H groups in total. The summed E-state index contributed by atoms with van der Waals surface area (Å²) in [4.78, 5) is 7.26. The third kappa shape index (κ3) is 5.20. The first-order valence-corrected chi connectivity index (χ1v) is 8.77. The van der Waals surface area contributed by atoms with E-state index in [0.29, 0.717) is 6.04 Å². The molecule has 0 saturated carbocycles. The molecule has 0 aliphatic carbocycles. The zero-order valence-corrected chi connectivity index (χ0v) is 14.7. The molecule has 4 heteroatoms. The van der Waals surface area contributed by atoms with Gasteiger partial charge in [-0.2, -0.15) is 0 Å². The lowest BCUT2D eigenvalue weighted by Gasteiger charge is -2.32. The number of aromatic nitrogens is 1. The van der Waals surface area contributed by atoms with Crippen molar-refractivity contribution in [1.82, 2.24) is 15.2 Å². The maximum atomic E-state index is 4.75. The predicted molar refractivity (Wildman–Crippen MR) is 91.9 cm³/mol. The molecule has 1 saturated heterocycles. The van der Waals surface area contributed by atoms with E-state index in [2.05, 4.69) is 49.9 Å². The highest BCUT2D eigenvalue weighted by molar-refractivity contribution is 7.09. The molecule has 1 aromatic heterocycles. The smallest absolute Gasteiger partial charge is 0.0982 e. The summed E-state index contributed by atoms with van der Waals surface area (Å²) in [6, 6.07) is 0.631. The summed E-state index contributed by atoms with van der Waals surface area (Å²) in [6.07, 6.45) is 2.45. The molecular weight excluding hydrogens is 278 g/mol. The highest BCUT2D eigenvalue weighted by Gasteiger charge is 2.20. The normalized spacial score (nSPS) is 18.1. The van der Waals surface area contributed by atoms with Gasteiger partial charge in [0.1, 0.15) is 0 Å². The van der Waals surface area contributed by atoms with E-state index in [9.17, 15) is 0 Å². The van der Waals surface area contributed by atoms with Crippen molar-refractivity contribution in [2.45, 2.75) is 58.5 Å². The van der Waals surface area contributed by atoms with Gasteiger partial charge in [-0.3, -0.25) is 4.90 Å². The van der Waals surface area contributed by atoms with Gasteiger partial charge in [-0.15, -0.1) is 11.3 Å². The summed E-state index contributed by atoms with van der Waals surface area (Å²) < 4.78 is 0. The quantitative estimate of drug-likeness (QED) is 0.843. The van der Waals surface area contributed by atoms with Gasteiger partial charge in [-0.05, 0) is 32.9 Å². The van der Waals surface area contributed by atoms with Crippen molar-refractivity contribution in [1.29, 1.82) is 0 Å². The SMILES string of the molecule is C=C(C)CN1CCC(NCc2csc(C(C)(C)C)n2)CC1. The van der Waals surface area contributed by atoms with Gasteiger partial charge in [0.25, 0.3) is 0 Å². The van der Waals surface area contributed by atoms with Crippen LogP contribution < -0.4 is 5.32 Å². The Morgan fingerprint density at radius 1 is 1.43 bits per heavy atom. The van der Waals surface area contributed by atoms with Gasteiger partial charge in [0.05, 0.1) is 10.7 Å². The first-order valence-electron chi connectivity index (χ1n) is 7.89. The molecule has 1 fully saturated rings. The van der Waals surface area contributed by atoms with Crippen LogP contribution in [0.1, 0.15) is 51.2 Å². The Balaban J connectivity index is 1.75. The van der Waals surface area contributed by atoms with E-state index in [1.54, 1.807) is 11.3 Å². The van der Waals surface area contributed by atoms with Gasteiger partial charge in [-0.1, -0.05) is 32.9 Å². The van der Waals surface area contributed by atoms with E-state index >= 15 is 0 Å². The second kappa shape index (κ2) is 7.03. The van der Waals surface area contributed by atoms with E-state index < -0.39 is 0 Å². The Labute approximate surface area is 133 Å². The standard InChI is InChI=1S/C17H29N3S/c1-13(2)11-20-8-6-14(7-9-20)18-10-15-12-21-16(19-15)17(3,4)5/h12,14,18H,1,6-11H2,2-5H3. The lowest BCUT2D eigenvalue weighted by Crippen LogP contribution is -2.42. The van der Waals surface area contributed by atoms with Crippen molar-refractivity contribution in [3.8, 4) is 0 Å². The van der Waals surface area contributed by atoms with Gasteiger partial charge >= 0.3 is 0 Å². The molecule has 0 aromatic carbocycles. The van der Waals surface area contributed by atoms with Gasteiger partial charge in [0.2, 0.25) is 0 Å². The van der Waals surface area contributed by atoms with Crippen molar-refractivity contribution >= 4 is 11.3 Å². The minimum Gasteiger partial charge on any atom is -0.308 e. The number of thiazole rings is 1. The third-order valence-electron chi connectivity index (χ3n) is 3.85. The third-order valence-corrected chi connectivity index (χ3v) is 5.16. The molecular formula is C17H29N3S. The molecule has 0 unspecified atom stereocenters. The Bertz CT molecular complexity index is 465. The summed E-state index contributed by atoms with van der Waals surface area (Å²) in [5.74, 6) is 0. The average Bonchev–Trinajstić information content (AvgIpc) is 2.86. The molecule has 0 radical (unpaired) electrons. The lowest BCUT2D eigenvalue weighted by atomic mass is 9.98. The van der Waals surface area contributed by atoms with Crippen LogP contribution in [0.15, 0.2) is 17.5 Å². The van der Waals surface area contributed by atoms with E-state index in [4.69, 9.17) is 4.98 Å². The van der Waals surface area contributed by atoms with Crippen molar-refractivity contribution in [3.63, 3.8) is 0 Å². The van der Waals surface area contributed by atoms with Crippen molar-refractivity contribution in [2.24, 2.45) is 0 Å². The van der Waals surface area contributed by atoms with Gasteiger partial charge in [0, 0.05) is 29.9 Å². The molecule has 1 aliphatic heterocycles. The molecule has 0 spiro atoms. The van der Waals surface area contributed by atoms with E-state index in [-0.39, 0.29) is 5.41 Å². The fourth-order valence-electron chi connectivity index (χ4n) is 2.66. The van der Waals surface area contributed by atoms with Gasteiger partial charge in [0.15, 0.2) is 0 Å². The second-order valence-electron chi connectivity index (χ2n) is 7.28. The van der Waals surface area contributed by atoms with E-state index in [1.165, 1.54) is 42.2 Å². The largest absolute Gasteiger partial charge is 0.308 e. The predicted octanol–water partition coefficient (Wildman–Crippen LogP) is 3.57. The molecule has 0 bridgehead atoms. The van der Waals surface area contributed by atoms with Crippen LogP contribution in [-0.2, 0) is 12.0 Å². The van der Waals surface area contributed by atoms with Crippen LogP contribution in [-0.4, -0.2) is 35.6 Å². The number of piperidine rings is 1. The van der Waals surface area contributed by atoms with Gasteiger partial charge in [-0.25, -0.2) is 4.98 Å². The van der Waals surface area contributed by atoms with Crippen molar-refractivity contribution in [3.05, 3.63) is 28.2 Å².